The molecule has 0 atom stereocenters. The lowest BCUT2D eigenvalue weighted by Gasteiger charge is -2.02. The van der Waals surface area contributed by atoms with Crippen molar-refractivity contribution in [2.75, 3.05) is 12.9 Å². The quantitative estimate of drug-likeness (QED) is 0.542. The number of benzene rings is 2. The number of hydrogen-bond donors (Lipinski definition) is 1. The van der Waals surface area contributed by atoms with E-state index in [4.69, 9.17) is 9.15 Å². The van der Waals surface area contributed by atoms with E-state index in [-0.39, 0.29) is 17.3 Å². The van der Waals surface area contributed by atoms with Crippen molar-refractivity contribution in [3.05, 3.63) is 54.1 Å². The predicted octanol–water partition coefficient (Wildman–Crippen LogP) is 3.43. The van der Waals surface area contributed by atoms with Crippen molar-refractivity contribution in [3.63, 3.8) is 0 Å². The van der Waals surface area contributed by atoms with Gasteiger partial charge in [-0.25, -0.2) is 0 Å². The Balaban J connectivity index is 1.64. The number of hydrogen-bond acceptors (Lipinski definition) is 7. The fraction of sp³-hybridized carbons (Fsp3) is 0.118. The second-order valence-electron chi connectivity index (χ2n) is 4.86. The molecule has 0 aliphatic heterocycles. The maximum absolute atomic E-state index is 12.2. The van der Waals surface area contributed by atoms with Crippen LogP contribution in [0.3, 0.4) is 0 Å². The van der Waals surface area contributed by atoms with Crippen molar-refractivity contribution in [2.24, 2.45) is 0 Å². The zero-order valence-electron chi connectivity index (χ0n) is 12.8. The molecule has 1 aromatic heterocycles. The molecule has 6 nitrogen and oxygen atoms in total. The minimum Gasteiger partial charge on any atom is -0.508 e. The van der Waals surface area contributed by atoms with Gasteiger partial charge in [-0.2, -0.15) is 0 Å². The van der Waals surface area contributed by atoms with Gasteiger partial charge in [0.25, 0.3) is 5.22 Å². The third-order valence-corrected chi connectivity index (χ3v) is 4.06. The van der Waals surface area contributed by atoms with Crippen LogP contribution < -0.4 is 4.74 Å². The largest absolute Gasteiger partial charge is 0.508 e. The molecule has 0 unspecified atom stereocenters. The van der Waals surface area contributed by atoms with Gasteiger partial charge in [0.05, 0.1) is 12.9 Å². The van der Waals surface area contributed by atoms with E-state index in [0.29, 0.717) is 28.0 Å². The van der Waals surface area contributed by atoms with Gasteiger partial charge in [-0.3, -0.25) is 4.79 Å². The van der Waals surface area contributed by atoms with Crippen LogP contribution in [-0.4, -0.2) is 33.9 Å². The Bertz CT molecular complexity index is 846. The molecule has 0 amide bonds. The summed E-state index contributed by atoms with van der Waals surface area (Å²) in [5.41, 5.74) is 1.27. The second-order valence-corrected chi connectivity index (χ2v) is 5.79. The van der Waals surface area contributed by atoms with E-state index in [2.05, 4.69) is 10.2 Å². The third kappa shape index (κ3) is 3.75. The number of nitrogens with zero attached hydrogens (tertiary/aromatic N) is 2. The summed E-state index contributed by atoms with van der Waals surface area (Å²) >= 11 is 1.18. The van der Waals surface area contributed by atoms with Gasteiger partial charge in [0.1, 0.15) is 11.5 Å². The monoisotopic (exact) mass is 342 g/mol. The van der Waals surface area contributed by atoms with E-state index in [1.165, 1.54) is 11.8 Å². The number of thioether (sulfide) groups is 1. The Labute approximate surface area is 142 Å². The first-order valence-corrected chi connectivity index (χ1v) is 8.07. The van der Waals surface area contributed by atoms with Crippen LogP contribution in [0, 0.1) is 0 Å². The highest BCUT2D eigenvalue weighted by atomic mass is 32.2. The highest BCUT2D eigenvalue weighted by Crippen LogP contribution is 2.25. The molecule has 1 heterocycles. The Kier molecular flexibility index (Phi) is 4.81. The lowest BCUT2D eigenvalue weighted by Crippen LogP contribution is -2.02. The van der Waals surface area contributed by atoms with E-state index in [9.17, 15) is 9.90 Å². The van der Waals surface area contributed by atoms with Crippen LogP contribution in [0.4, 0.5) is 0 Å². The van der Waals surface area contributed by atoms with Crippen molar-refractivity contribution in [1.82, 2.24) is 10.2 Å². The van der Waals surface area contributed by atoms with E-state index in [1.54, 1.807) is 55.6 Å². The number of phenols is 1. The minimum absolute atomic E-state index is 0.0525. The number of ketones is 1. The number of aromatic nitrogens is 2. The average Bonchev–Trinajstić information content (AvgIpc) is 3.09. The van der Waals surface area contributed by atoms with E-state index in [0.717, 1.165) is 0 Å². The van der Waals surface area contributed by atoms with E-state index >= 15 is 0 Å². The Morgan fingerprint density at radius 1 is 1.21 bits per heavy atom. The standard InChI is InChI=1S/C17H14N2O4S/c1-22-14-4-2-3-12(9-14)15(21)10-24-17-19-18-16(23-17)11-5-7-13(20)8-6-11/h2-9,20H,10H2,1H3. The lowest BCUT2D eigenvalue weighted by atomic mass is 10.1. The smallest absolute Gasteiger partial charge is 0.277 e. The van der Waals surface area contributed by atoms with Crippen LogP contribution >= 0.6 is 11.8 Å². The zero-order chi connectivity index (χ0) is 16.9. The maximum atomic E-state index is 12.2. The summed E-state index contributed by atoms with van der Waals surface area (Å²) in [6.45, 7) is 0. The van der Waals surface area contributed by atoms with Crippen LogP contribution in [0.15, 0.2) is 58.2 Å². The first kappa shape index (κ1) is 16.1. The lowest BCUT2D eigenvalue weighted by molar-refractivity contribution is 0.102. The molecular formula is C17H14N2O4S. The van der Waals surface area contributed by atoms with Gasteiger partial charge in [0.2, 0.25) is 5.89 Å². The normalized spacial score (nSPS) is 10.5. The maximum Gasteiger partial charge on any atom is 0.277 e. The fourth-order valence-electron chi connectivity index (χ4n) is 2.00. The summed E-state index contributed by atoms with van der Waals surface area (Å²) in [6.07, 6.45) is 0. The molecule has 0 fully saturated rings. The van der Waals surface area contributed by atoms with Gasteiger partial charge in [-0.1, -0.05) is 23.9 Å². The molecule has 24 heavy (non-hydrogen) atoms. The molecule has 3 rings (SSSR count). The molecule has 3 aromatic rings. The topological polar surface area (TPSA) is 85.5 Å². The van der Waals surface area contributed by atoms with Gasteiger partial charge >= 0.3 is 0 Å². The number of carbonyl (C=O) groups excluding carboxylic acids is 1. The highest BCUT2D eigenvalue weighted by Gasteiger charge is 2.13. The summed E-state index contributed by atoms with van der Waals surface area (Å²) < 4.78 is 10.6. The van der Waals surface area contributed by atoms with Crippen LogP contribution in [0.25, 0.3) is 11.5 Å². The Morgan fingerprint density at radius 2 is 2.00 bits per heavy atom. The van der Waals surface area contributed by atoms with Gasteiger partial charge in [0, 0.05) is 11.1 Å². The second kappa shape index (κ2) is 7.18. The number of ether oxygens (including phenoxy) is 1. The molecular weight excluding hydrogens is 328 g/mol. The Hall–Kier alpha value is -2.80. The number of methoxy groups -OCH3 is 1. The van der Waals surface area contributed by atoms with Crippen LogP contribution in [-0.2, 0) is 0 Å². The third-order valence-electron chi connectivity index (χ3n) is 3.24. The molecule has 0 aliphatic carbocycles. The van der Waals surface area contributed by atoms with Gasteiger partial charge in [0.15, 0.2) is 5.78 Å². The Morgan fingerprint density at radius 3 is 2.75 bits per heavy atom. The van der Waals surface area contributed by atoms with Gasteiger partial charge in [-0.05, 0) is 36.4 Å². The molecule has 0 saturated carbocycles. The number of carbonyl (C=O) groups is 1. The minimum atomic E-state index is -0.0525. The highest BCUT2D eigenvalue weighted by molar-refractivity contribution is 7.99. The van der Waals surface area contributed by atoms with Crippen molar-refractivity contribution in [2.45, 2.75) is 5.22 Å². The number of rotatable bonds is 6. The summed E-state index contributed by atoms with van der Waals surface area (Å²) in [5.74, 6) is 1.27. The summed E-state index contributed by atoms with van der Waals surface area (Å²) in [7, 11) is 1.56. The molecule has 7 heteroatoms. The number of Topliss-reactive ketones (excluding diaryl/α,β-unsaturated/α-hetero) is 1. The molecule has 0 aliphatic rings. The van der Waals surface area contributed by atoms with Crippen molar-refractivity contribution >= 4 is 17.5 Å². The molecule has 122 valence electrons. The number of phenolic OH excluding ortho intramolecular Hbond substituents is 1. The summed E-state index contributed by atoms with van der Waals surface area (Å²) in [6, 6.07) is 13.4. The van der Waals surface area contributed by atoms with Crippen molar-refractivity contribution < 1.29 is 19.1 Å². The summed E-state index contributed by atoms with van der Waals surface area (Å²) in [5, 5.41) is 17.5. The zero-order valence-corrected chi connectivity index (χ0v) is 13.6. The molecule has 0 saturated heterocycles. The van der Waals surface area contributed by atoms with Crippen LogP contribution in [0.5, 0.6) is 11.5 Å². The van der Waals surface area contributed by atoms with Crippen molar-refractivity contribution in [3.8, 4) is 23.0 Å². The summed E-state index contributed by atoms with van der Waals surface area (Å²) in [4.78, 5) is 12.2. The first-order valence-electron chi connectivity index (χ1n) is 7.08. The van der Waals surface area contributed by atoms with Gasteiger partial charge < -0.3 is 14.3 Å². The number of aromatic hydroxyl groups is 1. The van der Waals surface area contributed by atoms with Crippen LogP contribution in [0.1, 0.15) is 10.4 Å². The average molecular weight is 342 g/mol. The molecule has 0 radical (unpaired) electrons. The van der Waals surface area contributed by atoms with Gasteiger partial charge in [-0.15, -0.1) is 10.2 Å². The van der Waals surface area contributed by atoms with Crippen LogP contribution in [0.2, 0.25) is 0 Å². The molecule has 1 N–H and O–H groups in total. The SMILES string of the molecule is COc1cccc(C(=O)CSc2nnc(-c3ccc(O)cc3)o2)c1. The predicted molar refractivity (Wildman–Crippen MR) is 89.4 cm³/mol. The first-order chi connectivity index (χ1) is 11.7. The molecule has 0 spiro atoms. The van der Waals surface area contributed by atoms with E-state index < -0.39 is 0 Å². The molecule has 2 aromatic carbocycles. The van der Waals surface area contributed by atoms with Crippen molar-refractivity contribution in [1.29, 1.82) is 0 Å². The molecule has 0 bridgehead atoms. The van der Waals surface area contributed by atoms with E-state index in [1.807, 2.05) is 0 Å². The fourth-order valence-corrected chi connectivity index (χ4v) is 2.65.